The van der Waals surface area contributed by atoms with Gasteiger partial charge in [-0.3, -0.25) is 4.79 Å². The maximum absolute atomic E-state index is 11.3. The largest absolute Gasteiger partial charge is 0.347 e. The number of imidazole rings is 1. The molecule has 0 bridgehead atoms. The summed E-state index contributed by atoms with van der Waals surface area (Å²) in [6, 6.07) is 0.148. The summed E-state index contributed by atoms with van der Waals surface area (Å²) in [6.07, 6.45) is 3.58. The van der Waals surface area contributed by atoms with E-state index in [0.717, 1.165) is 5.69 Å². The second-order valence-electron chi connectivity index (χ2n) is 4.19. The second-order valence-corrected chi connectivity index (χ2v) is 4.19. The van der Waals surface area contributed by atoms with Crippen molar-refractivity contribution >= 4 is 5.91 Å². The van der Waals surface area contributed by atoms with Gasteiger partial charge >= 0.3 is 0 Å². The van der Waals surface area contributed by atoms with Crippen LogP contribution < -0.4 is 5.32 Å². The van der Waals surface area contributed by atoms with Crippen molar-refractivity contribution in [2.24, 2.45) is 18.9 Å². The highest BCUT2D eigenvalue weighted by atomic mass is 16.2. The van der Waals surface area contributed by atoms with E-state index in [9.17, 15) is 4.79 Å². The monoisotopic (exact) mass is 193 g/mol. The standard InChI is InChI=1S/C10H15N3O/c1-6(2)8-9(12-10(8)14)7-4-11-5-13(7)3/h4-6,8-9H,1-3H3,(H,12,14). The Balaban J connectivity index is 2.22. The lowest BCUT2D eigenvalue weighted by molar-refractivity contribution is -0.137. The van der Waals surface area contributed by atoms with Crippen molar-refractivity contribution in [3.8, 4) is 0 Å². The second kappa shape index (κ2) is 3.12. The third-order valence-corrected chi connectivity index (χ3v) is 2.85. The first-order valence-electron chi connectivity index (χ1n) is 4.88. The Morgan fingerprint density at radius 1 is 1.57 bits per heavy atom. The summed E-state index contributed by atoms with van der Waals surface area (Å²) in [5.41, 5.74) is 1.09. The molecule has 2 heterocycles. The Bertz CT molecular complexity index is 356. The molecule has 4 heteroatoms. The number of carbonyl (C=O) groups is 1. The molecule has 1 aromatic rings. The first kappa shape index (κ1) is 9.24. The summed E-state index contributed by atoms with van der Waals surface area (Å²) < 4.78 is 1.96. The molecule has 4 nitrogen and oxygen atoms in total. The molecule has 14 heavy (non-hydrogen) atoms. The van der Waals surface area contributed by atoms with Gasteiger partial charge in [0.05, 0.1) is 30.2 Å². The number of nitrogens with zero attached hydrogens (tertiary/aromatic N) is 2. The minimum Gasteiger partial charge on any atom is -0.347 e. The first-order chi connectivity index (χ1) is 6.61. The summed E-state index contributed by atoms with van der Waals surface area (Å²) in [7, 11) is 1.95. The minimum absolute atomic E-state index is 0.102. The normalized spacial score (nSPS) is 26.1. The third kappa shape index (κ3) is 1.22. The van der Waals surface area contributed by atoms with Crippen LogP contribution in [0.3, 0.4) is 0 Å². The van der Waals surface area contributed by atoms with E-state index in [1.165, 1.54) is 0 Å². The molecule has 1 aliphatic rings. The summed E-state index contributed by atoms with van der Waals surface area (Å²) in [5, 5.41) is 2.92. The van der Waals surface area contributed by atoms with Crippen LogP contribution in [0.15, 0.2) is 12.5 Å². The van der Waals surface area contributed by atoms with Crippen molar-refractivity contribution in [1.82, 2.24) is 14.9 Å². The van der Waals surface area contributed by atoms with Gasteiger partial charge in [0, 0.05) is 7.05 Å². The van der Waals surface area contributed by atoms with Crippen LogP contribution in [0.1, 0.15) is 25.6 Å². The van der Waals surface area contributed by atoms with Crippen LogP contribution in [0.25, 0.3) is 0 Å². The smallest absolute Gasteiger partial charge is 0.226 e. The quantitative estimate of drug-likeness (QED) is 0.708. The zero-order valence-electron chi connectivity index (χ0n) is 8.69. The molecule has 2 atom stereocenters. The van der Waals surface area contributed by atoms with E-state index in [1.807, 2.05) is 17.8 Å². The number of nitrogens with one attached hydrogen (secondary N) is 1. The Morgan fingerprint density at radius 2 is 2.29 bits per heavy atom. The van der Waals surface area contributed by atoms with E-state index in [-0.39, 0.29) is 17.9 Å². The van der Waals surface area contributed by atoms with Crippen molar-refractivity contribution in [3.63, 3.8) is 0 Å². The van der Waals surface area contributed by atoms with Crippen molar-refractivity contribution < 1.29 is 4.79 Å². The van der Waals surface area contributed by atoms with Crippen LogP contribution >= 0.6 is 0 Å². The van der Waals surface area contributed by atoms with Gasteiger partial charge in [-0.1, -0.05) is 13.8 Å². The summed E-state index contributed by atoms with van der Waals surface area (Å²) in [6.45, 7) is 4.15. The van der Waals surface area contributed by atoms with Crippen LogP contribution in [-0.2, 0) is 11.8 Å². The fourth-order valence-corrected chi connectivity index (χ4v) is 2.01. The molecule has 1 saturated heterocycles. The molecule has 0 radical (unpaired) electrons. The lowest BCUT2D eigenvalue weighted by Crippen LogP contribution is -2.54. The molecule has 1 amide bonds. The van der Waals surface area contributed by atoms with Crippen LogP contribution in [-0.4, -0.2) is 15.5 Å². The number of aryl methyl sites for hydroxylation is 1. The van der Waals surface area contributed by atoms with E-state index >= 15 is 0 Å². The highest BCUT2D eigenvalue weighted by Gasteiger charge is 2.43. The van der Waals surface area contributed by atoms with Crippen LogP contribution in [0.4, 0.5) is 0 Å². The van der Waals surface area contributed by atoms with E-state index in [1.54, 1.807) is 6.33 Å². The van der Waals surface area contributed by atoms with Crippen LogP contribution in [0, 0.1) is 11.8 Å². The van der Waals surface area contributed by atoms with E-state index in [4.69, 9.17) is 0 Å². The zero-order chi connectivity index (χ0) is 10.3. The third-order valence-electron chi connectivity index (χ3n) is 2.85. The van der Waals surface area contributed by atoms with Crippen LogP contribution in [0.2, 0.25) is 0 Å². The average molecular weight is 193 g/mol. The molecule has 2 rings (SSSR count). The molecule has 0 aromatic carbocycles. The predicted molar refractivity (Wildman–Crippen MR) is 52.4 cm³/mol. The Morgan fingerprint density at radius 3 is 2.71 bits per heavy atom. The van der Waals surface area contributed by atoms with Crippen molar-refractivity contribution in [2.75, 3.05) is 0 Å². The molecule has 0 spiro atoms. The van der Waals surface area contributed by atoms with Gasteiger partial charge < -0.3 is 9.88 Å². The number of aromatic nitrogens is 2. The highest BCUT2D eigenvalue weighted by molar-refractivity contribution is 5.86. The maximum Gasteiger partial charge on any atom is 0.226 e. The maximum atomic E-state index is 11.3. The number of hydrogen-bond acceptors (Lipinski definition) is 2. The van der Waals surface area contributed by atoms with Crippen LogP contribution in [0.5, 0.6) is 0 Å². The molecule has 2 unspecified atom stereocenters. The Kier molecular flexibility index (Phi) is 2.06. The lowest BCUT2D eigenvalue weighted by Gasteiger charge is -2.39. The number of β-lactam (4-membered cyclic amide) rings is 1. The lowest BCUT2D eigenvalue weighted by atomic mass is 9.80. The molecule has 0 saturated carbocycles. The number of carbonyl (C=O) groups excluding carboxylic acids is 1. The van der Waals surface area contributed by atoms with Gasteiger partial charge in [0.25, 0.3) is 0 Å². The Labute approximate surface area is 83.3 Å². The molecule has 1 N–H and O–H groups in total. The topological polar surface area (TPSA) is 46.9 Å². The van der Waals surface area contributed by atoms with Crippen molar-refractivity contribution in [1.29, 1.82) is 0 Å². The first-order valence-corrected chi connectivity index (χ1v) is 4.88. The highest BCUT2D eigenvalue weighted by Crippen LogP contribution is 2.35. The fraction of sp³-hybridized carbons (Fsp3) is 0.600. The molecule has 1 aromatic heterocycles. The van der Waals surface area contributed by atoms with Crippen molar-refractivity contribution in [2.45, 2.75) is 19.9 Å². The van der Waals surface area contributed by atoms with Gasteiger partial charge in [-0.05, 0) is 5.92 Å². The zero-order valence-corrected chi connectivity index (χ0v) is 8.69. The van der Waals surface area contributed by atoms with E-state index in [0.29, 0.717) is 5.92 Å². The average Bonchev–Trinajstić information content (AvgIpc) is 2.45. The van der Waals surface area contributed by atoms with Gasteiger partial charge in [-0.2, -0.15) is 0 Å². The molecular formula is C10H15N3O. The van der Waals surface area contributed by atoms with Gasteiger partial charge in [0.1, 0.15) is 0 Å². The summed E-state index contributed by atoms with van der Waals surface area (Å²) in [4.78, 5) is 15.4. The number of rotatable bonds is 2. The Hall–Kier alpha value is -1.32. The van der Waals surface area contributed by atoms with Gasteiger partial charge in [0.2, 0.25) is 5.91 Å². The fourth-order valence-electron chi connectivity index (χ4n) is 2.01. The predicted octanol–water partition coefficient (Wildman–Crippen LogP) is 0.863. The summed E-state index contributed by atoms with van der Waals surface area (Å²) in [5.74, 6) is 0.639. The molecule has 1 fully saturated rings. The van der Waals surface area contributed by atoms with Crippen molar-refractivity contribution in [3.05, 3.63) is 18.2 Å². The molecular weight excluding hydrogens is 178 g/mol. The molecule has 0 aliphatic carbocycles. The molecule has 1 aliphatic heterocycles. The minimum atomic E-state index is 0.102. The molecule has 76 valence electrons. The number of amides is 1. The summed E-state index contributed by atoms with van der Waals surface area (Å²) >= 11 is 0. The van der Waals surface area contributed by atoms with E-state index in [2.05, 4.69) is 24.1 Å². The number of hydrogen-bond donors (Lipinski definition) is 1. The van der Waals surface area contributed by atoms with Gasteiger partial charge in [0.15, 0.2) is 0 Å². The van der Waals surface area contributed by atoms with E-state index < -0.39 is 0 Å². The SMILES string of the molecule is CC(C)C1C(=O)NC1c1cncn1C. The van der Waals surface area contributed by atoms with Gasteiger partial charge in [-0.15, -0.1) is 0 Å². The van der Waals surface area contributed by atoms with Gasteiger partial charge in [-0.25, -0.2) is 4.98 Å².